The molecular weight excluding hydrogens is 712 g/mol. The second-order valence-corrected chi connectivity index (χ2v) is 16.9. The van der Waals surface area contributed by atoms with E-state index in [2.05, 4.69) is 64.2 Å². The minimum absolute atomic E-state index is 0.0556. The molecule has 1 aromatic carbocycles. The maximum Gasteiger partial charge on any atom is 0.433 e. The number of carbonyl (C=O) groups excluding carboxylic acids is 3. The molecule has 1 saturated heterocycles. The molecule has 4 aliphatic rings. The van der Waals surface area contributed by atoms with Crippen molar-refractivity contribution in [3.63, 3.8) is 0 Å². The molecule has 2 N–H and O–H groups in total. The van der Waals surface area contributed by atoms with Crippen LogP contribution in [0.25, 0.3) is 0 Å². The monoisotopic (exact) mass is 789 g/mol. The maximum absolute atomic E-state index is 11.6. The van der Waals surface area contributed by atoms with Gasteiger partial charge in [0.1, 0.15) is 6.61 Å². The number of epoxide rings is 1. The lowest BCUT2D eigenvalue weighted by Crippen LogP contribution is -2.31. The van der Waals surface area contributed by atoms with E-state index in [0.29, 0.717) is 18.8 Å². The third-order valence-electron chi connectivity index (χ3n) is 12.2. The largest absolute Gasteiger partial charge is 0.481 e. The minimum Gasteiger partial charge on any atom is -0.481 e. The molecule has 2 bridgehead atoms. The van der Waals surface area contributed by atoms with Gasteiger partial charge in [-0.1, -0.05) is 84.0 Å². The highest BCUT2D eigenvalue weighted by molar-refractivity contribution is 5.82. The van der Waals surface area contributed by atoms with Crippen LogP contribution < -0.4 is 5.32 Å². The van der Waals surface area contributed by atoms with E-state index in [0.717, 1.165) is 54.4 Å². The van der Waals surface area contributed by atoms with Crippen LogP contribution in [0, 0.1) is 40.4 Å². The summed E-state index contributed by atoms with van der Waals surface area (Å²) in [6.45, 7) is 23.2. The fraction of sp³-hybridized carbons (Fsp3) is 0.756. The van der Waals surface area contributed by atoms with Gasteiger partial charge in [0.05, 0.1) is 48.3 Å². The molecule has 5 rings (SSSR count). The van der Waals surface area contributed by atoms with E-state index in [9.17, 15) is 19.2 Å². The van der Waals surface area contributed by atoms with E-state index in [1.165, 1.54) is 31.9 Å². The van der Waals surface area contributed by atoms with Gasteiger partial charge in [-0.25, -0.2) is 4.79 Å². The smallest absolute Gasteiger partial charge is 0.433 e. The molecule has 3 aliphatic carbocycles. The van der Waals surface area contributed by atoms with Gasteiger partial charge in [0, 0.05) is 0 Å². The first-order valence-corrected chi connectivity index (χ1v) is 21.0. The summed E-state index contributed by atoms with van der Waals surface area (Å²) in [5.74, 6) is 4.00. The zero-order valence-electron chi connectivity index (χ0n) is 36.9. The van der Waals surface area contributed by atoms with Crippen LogP contribution in [-0.4, -0.2) is 67.3 Å². The summed E-state index contributed by atoms with van der Waals surface area (Å²) < 4.78 is 15.1. The Morgan fingerprint density at radius 3 is 1.98 bits per heavy atom. The molecule has 0 aromatic heterocycles. The molecule has 4 fully saturated rings. The second kappa shape index (κ2) is 25.0. The fourth-order valence-electron chi connectivity index (χ4n) is 6.66. The molecule has 0 radical (unpaired) electrons. The maximum atomic E-state index is 11.6. The Kier molecular flexibility index (Phi) is 22.6. The topological polar surface area (TPSA) is 153 Å². The van der Waals surface area contributed by atoms with Gasteiger partial charge in [-0.2, -0.15) is 0 Å². The van der Waals surface area contributed by atoms with Gasteiger partial charge in [-0.15, -0.1) is 0 Å². The van der Waals surface area contributed by atoms with Gasteiger partial charge >= 0.3 is 24.0 Å². The summed E-state index contributed by atoms with van der Waals surface area (Å²) in [7, 11) is 1.41. The average Bonchev–Trinajstić information content (AvgIpc) is 3.48. The van der Waals surface area contributed by atoms with E-state index in [-0.39, 0.29) is 31.0 Å². The van der Waals surface area contributed by atoms with Crippen molar-refractivity contribution in [2.24, 2.45) is 45.6 Å². The molecular formula is C45H76N2O9. The molecule has 1 aromatic rings. The van der Waals surface area contributed by atoms with Crippen LogP contribution in [0.15, 0.2) is 35.5 Å². The number of amides is 1. The first-order chi connectivity index (χ1) is 26.3. The molecule has 11 nitrogen and oxygen atoms in total. The summed E-state index contributed by atoms with van der Waals surface area (Å²) in [5.41, 5.74) is 1.14. The third kappa shape index (κ3) is 16.9. The third-order valence-corrected chi connectivity index (χ3v) is 12.2. The lowest BCUT2D eigenvalue weighted by molar-refractivity contribution is -0.154. The number of hydrogen-bond acceptors (Lipinski definition) is 9. The molecule has 1 aliphatic heterocycles. The van der Waals surface area contributed by atoms with Gasteiger partial charge in [-0.05, 0) is 128 Å². The minimum atomic E-state index is -0.722. The number of nitrogens with one attached hydrogen (secondary N) is 1. The average molecular weight is 789 g/mol. The van der Waals surface area contributed by atoms with Gasteiger partial charge in [-0.3, -0.25) is 19.2 Å². The number of methoxy groups -OCH3 is 1. The number of aliphatic carboxylic acids is 1. The lowest BCUT2D eigenvalue weighted by atomic mass is 9.81. The number of carboxylic acid groups (broad SMARTS) is 1. The second-order valence-electron chi connectivity index (χ2n) is 16.9. The molecule has 56 heavy (non-hydrogen) atoms. The number of nitrogens with zero attached hydrogens (tertiary/aromatic N) is 1. The van der Waals surface area contributed by atoms with Crippen LogP contribution in [-0.2, 0) is 33.4 Å². The van der Waals surface area contributed by atoms with Gasteiger partial charge in [0.2, 0.25) is 0 Å². The zero-order chi connectivity index (χ0) is 42.6. The highest BCUT2D eigenvalue weighted by Gasteiger charge is 2.64. The number of esters is 2. The number of carboxylic acids is 1. The molecule has 1 heterocycles. The number of oxime groups is 1. The van der Waals surface area contributed by atoms with Crippen LogP contribution in [0.1, 0.15) is 152 Å². The van der Waals surface area contributed by atoms with Crippen LogP contribution in [0.3, 0.4) is 0 Å². The Balaban J connectivity index is 0.000000366. The van der Waals surface area contributed by atoms with Crippen molar-refractivity contribution in [3.05, 3.63) is 35.9 Å². The van der Waals surface area contributed by atoms with Crippen LogP contribution in [0.2, 0.25) is 0 Å². The number of fused-ring (bicyclic) bond motifs is 7. The normalized spacial score (nSPS) is 23.6. The number of ether oxygens (including phenoxy) is 3. The van der Waals surface area contributed by atoms with Crippen molar-refractivity contribution < 1.29 is 43.3 Å². The van der Waals surface area contributed by atoms with Crippen molar-refractivity contribution in [1.29, 1.82) is 0 Å². The quantitative estimate of drug-likeness (QED) is 0.0496. The van der Waals surface area contributed by atoms with Crippen molar-refractivity contribution >= 4 is 29.7 Å². The SMILES string of the molecule is C1CC2CC1C1CC3OC3C21.CC/C(C)=N/OC(=O)NCCOC(=O)C(C)(C)CC.CCC(C)(C)C(=O)O.CCC(C)C(=O)OC.CCC(C)c1ccccc1. The predicted molar refractivity (Wildman–Crippen MR) is 222 cm³/mol. The van der Waals surface area contributed by atoms with Crippen molar-refractivity contribution in [1.82, 2.24) is 5.32 Å². The Hall–Kier alpha value is -3.47. The van der Waals surface area contributed by atoms with Gasteiger partial charge < -0.3 is 24.6 Å². The van der Waals surface area contributed by atoms with Gasteiger partial charge in [0.25, 0.3) is 0 Å². The molecule has 11 heteroatoms. The molecule has 8 unspecified atom stereocenters. The number of hydrogen-bond donors (Lipinski definition) is 2. The summed E-state index contributed by atoms with van der Waals surface area (Å²) in [5, 5.41) is 14.5. The summed E-state index contributed by atoms with van der Waals surface area (Å²) in [6.07, 6.45) is 11.1. The van der Waals surface area contributed by atoms with Crippen LogP contribution in [0.5, 0.6) is 0 Å². The van der Waals surface area contributed by atoms with Crippen LogP contribution in [0.4, 0.5) is 4.79 Å². The van der Waals surface area contributed by atoms with Crippen molar-refractivity contribution in [2.45, 2.75) is 159 Å². The fourth-order valence-corrected chi connectivity index (χ4v) is 6.66. The standard InChI is InChI=1S/C13H24N2O4.C10H14O.C10H14.2C6H12O2/c1-6-10(3)15-19-12(17)14-8-9-18-11(16)13(4,5)7-2;1-2-6-3-5(1)7-4-8-10(11-8)9(6)7;1-3-9(2)10-7-5-4-6-8-10;1-4-6(2,3)5(7)8;1-4-5(2)6(7)8-3/h6-9H2,1-5H3,(H,14,17);5-10H,1-4H2;4-9H,3H2,1-2H3;4H2,1-3H3,(H,7,8);5H,4H2,1-3H3/b15-10+;;;;. The predicted octanol–water partition coefficient (Wildman–Crippen LogP) is 10.2. The Bertz CT molecular complexity index is 1360. The first-order valence-electron chi connectivity index (χ1n) is 21.0. The zero-order valence-corrected chi connectivity index (χ0v) is 36.9. The van der Waals surface area contributed by atoms with Crippen LogP contribution >= 0.6 is 0 Å². The lowest BCUT2D eigenvalue weighted by Gasteiger charge is -2.25. The number of benzene rings is 1. The molecule has 0 spiro atoms. The summed E-state index contributed by atoms with van der Waals surface area (Å²) in [6, 6.07) is 10.6. The Labute approximate surface area is 338 Å². The Morgan fingerprint density at radius 1 is 0.911 bits per heavy atom. The van der Waals surface area contributed by atoms with Crippen molar-refractivity contribution in [3.8, 4) is 0 Å². The first kappa shape index (κ1) is 50.5. The van der Waals surface area contributed by atoms with Gasteiger partial charge in [0.15, 0.2) is 0 Å². The highest BCUT2D eigenvalue weighted by Crippen LogP contribution is 2.64. The number of rotatable bonds is 13. The van der Waals surface area contributed by atoms with E-state index < -0.39 is 22.9 Å². The molecule has 3 saturated carbocycles. The Morgan fingerprint density at radius 2 is 1.52 bits per heavy atom. The summed E-state index contributed by atoms with van der Waals surface area (Å²) >= 11 is 0. The molecule has 8 atom stereocenters. The number of carbonyl (C=O) groups is 4. The van der Waals surface area contributed by atoms with Crippen molar-refractivity contribution in [2.75, 3.05) is 20.3 Å². The van der Waals surface area contributed by atoms with E-state index >= 15 is 0 Å². The molecule has 320 valence electrons. The van der Waals surface area contributed by atoms with E-state index in [1.54, 1.807) is 33.6 Å². The molecule has 1 amide bonds. The highest BCUT2D eigenvalue weighted by atomic mass is 16.7. The van der Waals surface area contributed by atoms with E-state index in [1.807, 2.05) is 48.5 Å². The summed E-state index contributed by atoms with van der Waals surface area (Å²) in [4.78, 5) is 48.1. The van der Waals surface area contributed by atoms with E-state index in [4.69, 9.17) is 14.6 Å².